The second kappa shape index (κ2) is 24.4. The van der Waals surface area contributed by atoms with Gasteiger partial charge in [-0.3, -0.25) is 10.1 Å². The van der Waals surface area contributed by atoms with Gasteiger partial charge in [0.25, 0.3) is 0 Å². The Morgan fingerprint density at radius 1 is 0.788 bits per heavy atom. The number of nitrogens with zero attached hydrogens (tertiary/aromatic N) is 2. The van der Waals surface area contributed by atoms with Gasteiger partial charge in [-0.05, 0) is 34.7 Å². The molecule has 0 aliphatic heterocycles. The molecule has 0 radical (unpaired) electrons. The van der Waals surface area contributed by atoms with Crippen molar-refractivity contribution in [2.75, 3.05) is 5.73 Å². The molecule has 0 unspecified atom stereocenters. The number of nitrogen functional groups attached to an aromatic ring is 1. The van der Waals surface area contributed by atoms with Gasteiger partial charge in [-0.25, -0.2) is 9.59 Å². The Labute approximate surface area is 196 Å². The van der Waals surface area contributed by atoms with Crippen LogP contribution in [-0.2, 0) is 0 Å². The molecule has 0 saturated carbocycles. The molecule has 0 atom stereocenters. The van der Waals surface area contributed by atoms with Crippen LogP contribution in [0, 0.1) is 11.8 Å². The molecule has 0 bridgehead atoms. The number of benzene rings is 1. The summed E-state index contributed by atoms with van der Waals surface area (Å²) < 4.78 is 0. The SMILES string of the molecule is C.CC(C)C.CC(C)C.Nc1ccn[nH]1.O=C(O)O.O=C(O)O.c1ccc2cnccc2c1. The fourth-order valence-electron chi connectivity index (χ4n) is 1.29. The lowest BCUT2D eigenvalue weighted by Crippen LogP contribution is -1.81. The van der Waals surface area contributed by atoms with Gasteiger partial charge in [0.2, 0.25) is 0 Å². The number of pyridine rings is 1. The standard InChI is InChI=1S/C9H7N.2C4H10.C3H5N3.2CH2O3.CH4/c1-2-4-9-7-10-6-5-8(9)3-1;2*1-4(2)3;4-3-1-2-5-6-3;2*2-1(3)4;/h1-7H;2*4H,1-3H3;1-2H,(H3,4,5,6);2*(H2,2,3,4);1H4. The Balaban J connectivity index is -0.000000162. The monoisotopic (exact) mass is 468 g/mol. The second-order valence-electron chi connectivity index (χ2n) is 7.26. The van der Waals surface area contributed by atoms with Gasteiger partial charge in [-0.2, -0.15) is 5.10 Å². The average Bonchev–Trinajstić information content (AvgIpc) is 3.11. The van der Waals surface area contributed by atoms with E-state index in [1.54, 1.807) is 12.3 Å². The first-order valence-electron chi connectivity index (χ1n) is 9.66. The highest BCUT2D eigenvalue weighted by atomic mass is 16.6. The van der Waals surface area contributed by atoms with Gasteiger partial charge < -0.3 is 26.2 Å². The van der Waals surface area contributed by atoms with Gasteiger partial charge >= 0.3 is 12.3 Å². The summed E-state index contributed by atoms with van der Waals surface area (Å²) >= 11 is 0. The lowest BCUT2D eigenvalue weighted by Gasteiger charge is -1.91. The van der Waals surface area contributed by atoms with E-state index in [0.717, 1.165) is 11.8 Å². The average molecular weight is 469 g/mol. The van der Waals surface area contributed by atoms with Crippen molar-refractivity contribution in [2.24, 2.45) is 11.8 Å². The summed E-state index contributed by atoms with van der Waals surface area (Å²) in [4.78, 5) is 21.1. The zero-order chi connectivity index (χ0) is 25.5. The van der Waals surface area contributed by atoms with Crippen LogP contribution in [0.1, 0.15) is 49.0 Å². The van der Waals surface area contributed by atoms with E-state index in [0.29, 0.717) is 5.82 Å². The van der Waals surface area contributed by atoms with Crippen LogP contribution in [0.5, 0.6) is 0 Å². The number of aromatic nitrogens is 3. The summed E-state index contributed by atoms with van der Waals surface area (Å²) in [5.41, 5.74) is 5.16. The van der Waals surface area contributed by atoms with Crippen molar-refractivity contribution in [2.45, 2.75) is 49.0 Å². The number of hydrogen-bond acceptors (Lipinski definition) is 5. The first kappa shape index (κ1) is 36.5. The third-order valence-corrected chi connectivity index (χ3v) is 2.07. The van der Waals surface area contributed by atoms with Crippen molar-refractivity contribution in [1.82, 2.24) is 15.2 Å². The molecule has 3 rings (SSSR count). The molecule has 0 fully saturated rings. The molecular weight excluding hydrogens is 428 g/mol. The maximum Gasteiger partial charge on any atom is 0.503 e. The Hall–Kier alpha value is -3.82. The van der Waals surface area contributed by atoms with Crippen LogP contribution in [0.3, 0.4) is 0 Å². The van der Waals surface area contributed by atoms with E-state index in [1.165, 1.54) is 10.8 Å². The van der Waals surface area contributed by atoms with Crippen molar-refractivity contribution in [3.8, 4) is 0 Å². The number of H-pyrrole nitrogens is 1. The van der Waals surface area contributed by atoms with E-state index in [-0.39, 0.29) is 7.43 Å². The van der Waals surface area contributed by atoms with E-state index in [1.807, 2.05) is 30.6 Å². The first-order valence-corrected chi connectivity index (χ1v) is 9.66. The smallest absolute Gasteiger partial charge is 0.450 e. The summed E-state index contributed by atoms with van der Waals surface area (Å²) in [5.74, 6) is 2.27. The Bertz CT molecular complexity index is 728. The highest BCUT2D eigenvalue weighted by Crippen LogP contribution is 2.09. The predicted molar refractivity (Wildman–Crippen MR) is 134 cm³/mol. The molecule has 1 aromatic carbocycles. The number of fused-ring (bicyclic) bond motifs is 1. The molecule has 188 valence electrons. The third-order valence-electron chi connectivity index (χ3n) is 2.07. The molecular formula is C23H40N4O6. The van der Waals surface area contributed by atoms with Crippen LogP contribution in [0.15, 0.2) is 55.0 Å². The largest absolute Gasteiger partial charge is 0.503 e. The van der Waals surface area contributed by atoms with Gasteiger partial charge in [0.15, 0.2) is 0 Å². The highest BCUT2D eigenvalue weighted by Gasteiger charge is 1.86. The molecule has 0 saturated heterocycles. The molecule has 10 nitrogen and oxygen atoms in total. The highest BCUT2D eigenvalue weighted by molar-refractivity contribution is 5.80. The van der Waals surface area contributed by atoms with Gasteiger partial charge in [-0.1, -0.05) is 73.2 Å². The van der Waals surface area contributed by atoms with E-state index in [4.69, 9.17) is 35.7 Å². The molecule has 0 aliphatic rings. The lowest BCUT2D eigenvalue weighted by atomic mass is 10.2. The van der Waals surface area contributed by atoms with Crippen LogP contribution in [0.25, 0.3) is 10.8 Å². The Kier molecular flexibility index (Phi) is 27.1. The molecule has 2 aromatic heterocycles. The number of aromatic amines is 1. The predicted octanol–water partition coefficient (Wildman–Crippen LogP) is 6.63. The Morgan fingerprint density at radius 3 is 1.45 bits per heavy atom. The zero-order valence-corrected chi connectivity index (χ0v) is 19.4. The molecule has 3 aromatic rings. The summed E-state index contributed by atoms with van der Waals surface area (Å²) in [6.07, 6.45) is 1.62. The minimum atomic E-state index is -1.83. The van der Waals surface area contributed by atoms with Gasteiger partial charge in [0.1, 0.15) is 5.82 Å². The molecule has 2 heterocycles. The fraction of sp³-hybridized carbons (Fsp3) is 0.391. The number of anilines is 1. The number of carboxylic acid groups (broad SMARTS) is 4. The van der Waals surface area contributed by atoms with E-state index >= 15 is 0 Å². The van der Waals surface area contributed by atoms with Crippen LogP contribution in [-0.4, -0.2) is 47.9 Å². The third kappa shape index (κ3) is 43.1. The maximum atomic E-state index is 8.56. The number of hydrogen-bond donors (Lipinski definition) is 6. The summed E-state index contributed by atoms with van der Waals surface area (Å²) in [6.45, 7) is 13.0. The molecule has 0 spiro atoms. The molecule has 10 heteroatoms. The fourth-order valence-corrected chi connectivity index (χ4v) is 1.29. The van der Waals surface area contributed by atoms with E-state index in [2.05, 4.69) is 68.9 Å². The number of carbonyl (C=O) groups is 2. The van der Waals surface area contributed by atoms with Crippen LogP contribution in [0.2, 0.25) is 0 Å². The van der Waals surface area contributed by atoms with Crippen molar-refractivity contribution >= 4 is 28.9 Å². The van der Waals surface area contributed by atoms with Gasteiger partial charge in [-0.15, -0.1) is 0 Å². The molecule has 0 aliphatic carbocycles. The summed E-state index contributed by atoms with van der Waals surface area (Å²) in [6, 6.07) is 11.9. The number of rotatable bonds is 0. The van der Waals surface area contributed by atoms with Crippen molar-refractivity contribution in [1.29, 1.82) is 0 Å². The second-order valence-corrected chi connectivity index (χ2v) is 7.26. The molecule has 0 amide bonds. The van der Waals surface area contributed by atoms with Crippen molar-refractivity contribution in [3.05, 3.63) is 55.0 Å². The van der Waals surface area contributed by atoms with E-state index < -0.39 is 12.3 Å². The van der Waals surface area contributed by atoms with Crippen molar-refractivity contribution < 1.29 is 30.0 Å². The quantitative estimate of drug-likeness (QED) is 0.211. The molecule has 33 heavy (non-hydrogen) atoms. The maximum absolute atomic E-state index is 8.56. The topological polar surface area (TPSA) is 183 Å². The number of nitrogens with two attached hydrogens (primary N) is 1. The first-order chi connectivity index (χ1) is 14.8. The zero-order valence-electron chi connectivity index (χ0n) is 19.4. The normalized spacial score (nSPS) is 8.24. The van der Waals surface area contributed by atoms with Gasteiger partial charge in [0.05, 0.1) is 6.20 Å². The summed E-state index contributed by atoms with van der Waals surface area (Å²) in [7, 11) is 0. The lowest BCUT2D eigenvalue weighted by molar-refractivity contribution is 0.135. The minimum Gasteiger partial charge on any atom is -0.450 e. The molecule has 7 N–H and O–H groups in total. The van der Waals surface area contributed by atoms with E-state index in [9.17, 15) is 0 Å². The van der Waals surface area contributed by atoms with Gasteiger partial charge in [0, 0.05) is 12.4 Å². The van der Waals surface area contributed by atoms with Crippen LogP contribution < -0.4 is 5.73 Å². The van der Waals surface area contributed by atoms with Crippen LogP contribution >= 0.6 is 0 Å². The summed E-state index contributed by atoms with van der Waals surface area (Å²) in [5, 5.41) is 36.4. The number of nitrogens with one attached hydrogen (secondary N) is 1. The Morgan fingerprint density at radius 2 is 1.18 bits per heavy atom. The van der Waals surface area contributed by atoms with Crippen molar-refractivity contribution in [3.63, 3.8) is 0 Å². The van der Waals surface area contributed by atoms with Crippen LogP contribution in [0.4, 0.5) is 15.4 Å². The minimum absolute atomic E-state index is 0.